The van der Waals surface area contributed by atoms with E-state index >= 15 is 0 Å². The molecule has 1 aromatic rings. The van der Waals surface area contributed by atoms with Crippen molar-refractivity contribution in [3.05, 3.63) is 24.0 Å². The minimum Gasteiger partial charge on any atom is -0.442 e. The lowest BCUT2D eigenvalue weighted by Crippen LogP contribution is -2.28. The molecule has 1 atom stereocenters. The Morgan fingerprint density at radius 3 is 3.08 bits per heavy atom. The molecule has 0 radical (unpaired) electrons. The summed E-state index contributed by atoms with van der Waals surface area (Å²) in [5.41, 5.74) is 1.09. The van der Waals surface area contributed by atoms with Crippen molar-refractivity contribution in [2.75, 3.05) is 47.5 Å². The fourth-order valence-corrected chi connectivity index (χ4v) is 3.84. The van der Waals surface area contributed by atoms with E-state index in [0.29, 0.717) is 17.9 Å². The minimum atomic E-state index is -0.488. The largest absolute Gasteiger partial charge is 0.442 e. The molecule has 1 aromatic carbocycles. The molecule has 0 aromatic heterocycles. The summed E-state index contributed by atoms with van der Waals surface area (Å²) < 4.78 is 19.8. The summed E-state index contributed by atoms with van der Waals surface area (Å²) >= 11 is 6.41. The molecular weight excluding hydrogens is 349 g/mol. The predicted molar refractivity (Wildman–Crippen MR) is 98.1 cm³/mol. The van der Waals surface area contributed by atoms with E-state index in [1.165, 1.54) is 11.0 Å². The van der Waals surface area contributed by atoms with Gasteiger partial charge in [-0.15, -0.1) is 0 Å². The summed E-state index contributed by atoms with van der Waals surface area (Å²) in [5, 5.41) is 2.25. The van der Waals surface area contributed by atoms with E-state index in [1.54, 1.807) is 12.1 Å². The minimum absolute atomic E-state index is 0.276. The SMILES string of the molecule is O=C1OC(CN=C=S)CN1c1ccc(N2CCCSCC2)c(F)c1. The lowest BCUT2D eigenvalue weighted by Gasteiger charge is -2.24. The Kier molecular flexibility index (Phi) is 5.71. The number of amides is 1. The first kappa shape index (κ1) is 17.2. The number of ether oxygens (including phenoxy) is 1. The van der Waals surface area contributed by atoms with E-state index in [1.807, 2.05) is 11.8 Å². The normalized spacial score (nSPS) is 21.2. The van der Waals surface area contributed by atoms with E-state index in [-0.39, 0.29) is 18.5 Å². The number of thioether (sulfide) groups is 1. The Hall–Kier alpha value is -1.63. The number of anilines is 2. The summed E-state index contributed by atoms with van der Waals surface area (Å²) in [7, 11) is 0. The van der Waals surface area contributed by atoms with Gasteiger partial charge in [0, 0.05) is 18.8 Å². The standard InChI is InChI=1S/C16H18FN3O2S2/c17-14-8-12(20-10-13(9-18-11-23)22-16(20)21)2-3-15(14)19-4-1-6-24-7-5-19/h2-3,8,13H,1,4-7,9-10H2. The van der Waals surface area contributed by atoms with Crippen molar-refractivity contribution >= 4 is 46.6 Å². The third kappa shape index (κ3) is 3.88. The number of cyclic esters (lactones) is 1. The molecule has 5 nitrogen and oxygen atoms in total. The van der Waals surface area contributed by atoms with Crippen molar-refractivity contribution in [1.29, 1.82) is 0 Å². The molecule has 0 aliphatic carbocycles. The summed E-state index contributed by atoms with van der Waals surface area (Å²) in [5.74, 6) is 1.80. The Morgan fingerprint density at radius 1 is 1.42 bits per heavy atom. The number of halogens is 1. The molecular formula is C16H18FN3O2S2. The van der Waals surface area contributed by atoms with E-state index in [0.717, 1.165) is 31.0 Å². The average Bonchev–Trinajstić information content (AvgIpc) is 2.77. The molecule has 3 rings (SSSR count). The number of isothiocyanates is 1. The van der Waals surface area contributed by atoms with Crippen molar-refractivity contribution in [3.8, 4) is 0 Å². The predicted octanol–water partition coefficient (Wildman–Crippen LogP) is 3.20. The van der Waals surface area contributed by atoms with Crippen LogP contribution in [0.25, 0.3) is 0 Å². The van der Waals surface area contributed by atoms with Crippen LogP contribution in [0.5, 0.6) is 0 Å². The van der Waals surface area contributed by atoms with Crippen LogP contribution in [0.15, 0.2) is 23.2 Å². The highest BCUT2D eigenvalue weighted by Crippen LogP contribution is 2.29. The molecule has 2 fully saturated rings. The molecule has 0 bridgehead atoms. The topological polar surface area (TPSA) is 45.1 Å². The van der Waals surface area contributed by atoms with Crippen LogP contribution in [0.1, 0.15) is 6.42 Å². The molecule has 1 amide bonds. The molecule has 8 heteroatoms. The summed E-state index contributed by atoms with van der Waals surface area (Å²) in [6.45, 7) is 2.30. The van der Waals surface area contributed by atoms with Gasteiger partial charge in [-0.1, -0.05) is 0 Å². The number of hydrogen-bond acceptors (Lipinski definition) is 6. The second kappa shape index (κ2) is 7.96. The maximum Gasteiger partial charge on any atom is 0.414 e. The molecule has 2 aliphatic rings. The lowest BCUT2D eigenvalue weighted by molar-refractivity contribution is 0.145. The fourth-order valence-electron chi connectivity index (χ4n) is 2.87. The maximum absolute atomic E-state index is 14.6. The molecule has 0 saturated carbocycles. The van der Waals surface area contributed by atoms with Crippen LogP contribution in [-0.2, 0) is 4.74 Å². The number of hydrogen-bond donors (Lipinski definition) is 0. The second-order valence-electron chi connectivity index (χ2n) is 5.64. The van der Waals surface area contributed by atoms with E-state index in [2.05, 4.69) is 27.3 Å². The van der Waals surface area contributed by atoms with Crippen LogP contribution in [-0.4, -0.2) is 55.0 Å². The molecule has 128 valence electrons. The van der Waals surface area contributed by atoms with Gasteiger partial charge < -0.3 is 9.64 Å². The first-order chi connectivity index (χ1) is 11.7. The molecule has 2 heterocycles. The van der Waals surface area contributed by atoms with Crippen molar-refractivity contribution in [3.63, 3.8) is 0 Å². The number of nitrogens with zero attached hydrogens (tertiary/aromatic N) is 3. The van der Waals surface area contributed by atoms with Gasteiger partial charge in [0.15, 0.2) is 0 Å². The second-order valence-corrected chi connectivity index (χ2v) is 7.04. The molecule has 24 heavy (non-hydrogen) atoms. The Balaban J connectivity index is 1.74. The zero-order valence-electron chi connectivity index (χ0n) is 13.1. The van der Waals surface area contributed by atoms with Crippen molar-refractivity contribution in [2.45, 2.75) is 12.5 Å². The highest BCUT2D eigenvalue weighted by molar-refractivity contribution is 7.99. The maximum atomic E-state index is 14.6. The average molecular weight is 367 g/mol. The van der Waals surface area contributed by atoms with Crippen LogP contribution >= 0.6 is 24.0 Å². The zero-order valence-corrected chi connectivity index (χ0v) is 14.7. The fraction of sp³-hybridized carbons (Fsp3) is 0.500. The third-order valence-electron chi connectivity index (χ3n) is 4.04. The molecule has 2 saturated heterocycles. The summed E-state index contributed by atoms with van der Waals surface area (Å²) in [6.07, 6.45) is 0.183. The quantitative estimate of drug-likeness (QED) is 0.604. The van der Waals surface area contributed by atoms with Crippen LogP contribution in [0.4, 0.5) is 20.6 Å². The van der Waals surface area contributed by atoms with Crippen molar-refractivity contribution in [1.82, 2.24) is 0 Å². The van der Waals surface area contributed by atoms with Gasteiger partial charge in [-0.2, -0.15) is 11.8 Å². The number of thiocarbonyl (C=S) groups is 1. The summed E-state index contributed by atoms with van der Waals surface area (Å²) in [6, 6.07) is 4.92. The smallest absolute Gasteiger partial charge is 0.414 e. The van der Waals surface area contributed by atoms with Crippen LogP contribution in [0, 0.1) is 5.82 Å². The van der Waals surface area contributed by atoms with Gasteiger partial charge in [0.25, 0.3) is 0 Å². The Morgan fingerprint density at radius 2 is 2.29 bits per heavy atom. The van der Waals surface area contributed by atoms with Gasteiger partial charge in [0.2, 0.25) is 0 Å². The molecule has 0 N–H and O–H groups in total. The number of benzene rings is 1. The van der Waals surface area contributed by atoms with Crippen molar-refractivity contribution < 1.29 is 13.9 Å². The molecule has 0 spiro atoms. The highest BCUT2D eigenvalue weighted by atomic mass is 32.2. The van der Waals surface area contributed by atoms with Gasteiger partial charge in [-0.05, 0) is 42.6 Å². The Labute approximate surface area is 149 Å². The summed E-state index contributed by atoms with van der Waals surface area (Å²) in [4.78, 5) is 19.3. The van der Waals surface area contributed by atoms with Gasteiger partial charge in [0.1, 0.15) is 11.9 Å². The van der Waals surface area contributed by atoms with E-state index < -0.39 is 6.09 Å². The third-order valence-corrected chi connectivity index (χ3v) is 5.22. The number of rotatable bonds is 4. The van der Waals surface area contributed by atoms with Gasteiger partial charge >= 0.3 is 6.09 Å². The van der Waals surface area contributed by atoms with Gasteiger partial charge in [0.05, 0.1) is 29.6 Å². The highest BCUT2D eigenvalue weighted by Gasteiger charge is 2.32. The first-order valence-electron chi connectivity index (χ1n) is 7.83. The Bertz CT molecular complexity index is 659. The van der Waals surface area contributed by atoms with E-state index in [4.69, 9.17) is 4.74 Å². The van der Waals surface area contributed by atoms with Gasteiger partial charge in [-0.3, -0.25) is 4.90 Å². The molecule has 2 aliphatic heterocycles. The zero-order chi connectivity index (χ0) is 16.9. The van der Waals surface area contributed by atoms with E-state index in [9.17, 15) is 9.18 Å². The van der Waals surface area contributed by atoms with Crippen LogP contribution in [0.2, 0.25) is 0 Å². The number of carbonyl (C=O) groups excluding carboxylic acids is 1. The first-order valence-corrected chi connectivity index (χ1v) is 9.39. The van der Waals surface area contributed by atoms with Gasteiger partial charge in [-0.25, -0.2) is 14.2 Å². The lowest BCUT2D eigenvalue weighted by atomic mass is 10.2. The number of carbonyl (C=O) groups is 1. The number of aliphatic imine (C=N–C) groups is 1. The monoisotopic (exact) mass is 367 g/mol. The molecule has 1 unspecified atom stereocenters. The van der Waals surface area contributed by atoms with Crippen LogP contribution in [0.3, 0.4) is 0 Å². The van der Waals surface area contributed by atoms with Crippen LogP contribution < -0.4 is 9.80 Å². The van der Waals surface area contributed by atoms with Crippen molar-refractivity contribution in [2.24, 2.45) is 4.99 Å².